The molecule has 0 aliphatic carbocycles. The maximum atomic E-state index is 11.9. The van der Waals surface area contributed by atoms with Crippen molar-refractivity contribution in [1.29, 1.82) is 0 Å². The minimum atomic E-state index is -0.0666. The Labute approximate surface area is 159 Å². The number of thiophene rings is 1. The van der Waals surface area contributed by atoms with Gasteiger partial charge in [0.1, 0.15) is 0 Å². The smallest absolute Gasteiger partial charge is 0.244 e. The van der Waals surface area contributed by atoms with Crippen LogP contribution in [0.3, 0.4) is 0 Å². The van der Waals surface area contributed by atoms with Gasteiger partial charge in [-0.05, 0) is 60.5 Å². The van der Waals surface area contributed by atoms with Crippen LogP contribution in [-0.2, 0) is 11.4 Å². The fourth-order valence-corrected chi connectivity index (χ4v) is 4.13. The number of nitrogens with zero attached hydrogens (tertiary/aromatic N) is 1. The third kappa shape index (κ3) is 5.53. The Hall–Kier alpha value is -1.95. The predicted molar refractivity (Wildman–Crippen MR) is 107 cm³/mol. The van der Waals surface area contributed by atoms with E-state index in [0.717, 1.165) is 30.1 Å². The normalized spacial score (nSPS) is 16.2. The Morgan fingerprint density at radius 2 is 2.04 bits per heavy atom. The molecule has 0 unspecified atom stereocenters. The molecule has 0 bridgehead atoms. The summed E-state index contributed by atoms with van der Waals surface area (Å²) in [7, 11) is 0. The number of carbonyl (C=O) groups is 1. The van der Waals surface area contributed by atoms with Crippen molar-refractivity contribution in [2.24, 2.45) is 0 Å². The van der Waals surface area contributed by atoms with Crippen LogP contribution >= 0.6 is 11.3 Å². The first kappa shape index (κ1) is 18.8. The largest absolute Gasteiger partial charge is 0.392 e. The van der Waals surface area contributed by atoms with Gasteiger partial charge in [0.05, 0.1) is 6.61 Å². The zero-order valence-electron chi connectivity index (χ0n) is 14.9. The molecule has 2 N–H and O–H groups in total. The number of hydrogen-bond acceptors (Lipinski definition) is 4. The second kappa shape index (κ2) is 9.67. The van der Waals surface area contributed by atoms with Gasteiger partial charge in [-0.25, -0.2) is 0 Å². The fraction of sp³-hybridized carbons (Fsp3) is 0.381. The molecule has 1 aliphatic rings. The Morgan fingerprint density at radius 3 is 2.73 bits per heavy atom. The van der Waals surface area contributed by atoms with Gasteiger partial charge in [-0.2, -0.15) is 0 Å². The van der Waals surface area contributed by atoms with E-state index in [2.05, 4.69) is 40.5 Å². The lowest BCUT2D eigenvalue weighted by Crippen LogP contribution is -2.38. The second-order valence-electron chi connectivity index (χ2n) is 6.67. The van der Waals surface area contributed by atoms with Crippen LogP contribution in [0.25, 0.3) is 6.08 Å². The van der Waals surface area contributed by atoms with Crippen LogP contribution in [0.2, 0.25) is 0 Å². The van der Waals surface area contributed by atoms with Crippen molar-refractivity contribution in [3.8, 4) is 0 Å². The minimum absolute atomic E-state index is 0.0392. The van der Waals surface area contributed by atoms with Crippen molar-refractivity contribution in [3.05, 3.63) is 63.9 Å². The van der Waals surface area contributed by atoms with Crippen molar-refractivity contribution in [2.75, 3.05) is 26.2 Å². The fourth-order valence-electron chi connectivity index (χ4n) is 3.33. The van der Waals surface area contributed by atoms with Gasteiger partial charge in [0.15, 0.2) is 0 Å². The molecule has 138 valence electrons. The number of hydrogen-bond donors (Lipinski definition) is 2. The maximum Gasteiger partial charge on any atom is 0.244 e. The quantitative estimate of drug-likeness (QED) is 0.736. The summed E-state index contributed by atoms with van der Waals surface area (Å²) in [5, 5.41) is 13.9. The number of carbonyl (C=O) groups excluding carboxylic acids is 1. The number of aliphatic hydroxyl groups is 1. The highest BCUT2D eigenvalue weighted by molar-refractivity contribution is 7.11. The molecular weight excluding hydrogens is 344 g/mol. The number of piperidine rings is 1. The van der Waals surface area contributed by atoms with Crippen LogP contribution in [0, 0.1) is 0 Å². The number of rotatable bonds is 7. The molecule has 1 amide bonds. The van der Waals surface area contributed by atoms with Crippen LogP contribution in [0.1, 0.15) is 34.8 Å². The van der Waals surface area contributed by atoms with Crippen LogP contribution < -0.4 is 5.32 Å². The number of likely N-dealkylation sites (tertiary alicyclic amines) is 1. The van der Waals surface area contributed by atoms with Gasteiger partial charge in [-0.15, -0.1) is 11.3 Å². The van der Waals surface area contributed by atoms with E-state index in [1.807, 2.05) is 11.4 Å². The molecule has 0 saturated carbocycles. The molecule has 0 atom stereocenters. The lowest BCUT2D eigenvalue weighted by molar-refractivity contribution is -0.116. The number of aliphatic hydroxyl groups excluding tert-OH is 1. The molecule has 1 aromatic carbocycles. The van der Waals surface area contributed by atoms with Crippen molar-refractivity contribution in [2.45, 2.75) is 25.4 Å². The molecule has 2 aromatic rings. The first-order chi connectivity index (χ1) is 12.7. The van der Waals surface area contributed by atoms with E-state index >= 15 is 0 Å². The van der Waals surface area contributed by atoms with Gasteiger partial charge >= 0.3 is 0 Å². The topological polar surface area (TPSA) is 52.6 Å². The average Bonchev–Trinajstić information content (AvgIpc) is 3.16. The van der Waals surface area contributed by atoms with Gasteiger partial charge in [-0.3, -0.25) is 4.79 Å². The second-order valence-corrected chi connectivity index (χ2v) is 7.61. The minimum Gasteiger partial charge on any atom is -0.392 e. The Balaban J connectivity index is 1.34. The molecule has 4 nitrogen and oxygen atoms in total. The summed E-state index contributed by atoms with van der Waals surface area (Å²) in [5.41, 5.74) is 2.33. The van der Waals surface area contributed by atoms with E-state index in [1.165, 1.54) is 29.7 Å². The number of amides is 1. The summed E-state index contributed by atoms with van der Waals surface area (Å²) in [6.07, 6.45) is 5.73. The van der Waals surface area contributed by atoms with Crippen LogP contribution in [0.4, 0.5) is 0 Å². The molecule has 0 radical (unpaired) electrons. The van der Waals surface area contributed by atoms with Crippen LogP contribution in [0.15, 0.2) is 47.9 Å². The Morgan fingerprint density at radius 1 is 1.27 bits per heavy atom. The SMILES string of the molecule is O=C(/C=C/c1cc(CO)cs1)NCCN1CCC(c2ccccc2)CC1. The maximum absolute atomic E-state index is 11.9. The number of nitrogens with one attached hydrogen (secondary N) is 1. The van der Waals surface area contributed by atoms with Crippen molar-refractivity contribution in [3.63, 3.8) is 0 Å². The molecular formula is C21H26N2O2S. The Kier molecular flexibility index (Phi) is 7.00. The standard InChI is InChI=1S/C21H26N2O2S/c24-15-17-14-20(26-16-17)6-7-21(25)22-10-13-23-11-8-19(9-12-23)18-4-2-1-3-5-18/h1-7,14,16,19,24H,8-13,15H2,(H,22,25)/b7-6+. The third-order valence-corrected chi connectivity index (χ3v) is 5.79. The lowest BCUT2D eigenvalue weighted by atomic mass is 9.89. The van der Waals surface area contributed by atoms with E-state index in [1.54, 1.807) is 12.2 Å². The predicted octanol–water partition coefficient (Wildman–Crippen LogP) is 3.25. The highest BCUT2D eigenvalue weighted by atomic mass is 32.1. The van der Waals surface area contributed by atoms with Gasteiger partial charge in [0, 0.05) is 24.0 Å². The van der Waals surface area contributed by atoms with Crippen molar-refractivity contribution < 1.29 is 9.90 Å². The van der Waals surface area contributed by atoms with Crippen LogP contribution in [0.5, 0.6) is 0 Å². The molecule has 2 heterocycles. The van der Waals surface area contributed by atoms with Gasteiger partial charge < -0.3 is 15.3 Å². The molecule has 1 aromatic heterocycles. The summed E-state index contributed by atoms with van der Waals surface area (Å²) in [4.78, 5) is 15.3. The first-order valence-corrected chi connectivity index (χ1v) is 10.0. The highest BCUT2D eigenvalue weighted by Crippen LogP contribution is 2.27. The zero-order valence-corrected chi connectivity index (χ0v) is 15.8. The van der Waals surface area contributed by atoms with E-state index in [9.17, 15) is 4.79 Å². The molecule has 26 heavy (non-hydrogen) atoms. The summed E-state index contributed by atoms with van der Waals surface area (Å²) < 4.78 is 0. The van der Waals surface area contributed by atoms with Gasteiger partial charge in [-0.1, -0.05) is 30.3 Å². The molecule has 0 spiro atoms. The van der Waals surface area contributed by atoms with Crippen LogP contribution in [-0.4, -0.2) is 42.1 Å². The molecule has 3 rings (SSSR count). The summed E-state index contributed by atoms with van der Waals surface area (Å²) in [6.45, 7) is 3.78. The lowest BCUT2D eigenvalue weighted by Gasteiger charge is -2.32. The van der Waals surface area contributed by atoms with E-state index in [4.69, 9.17) is 5.11 Å². The number of benzene rings is 1. The summed E-state index contributed by atoms with van der Waals surface area (Å²) >= 11 is 1.53. The molecule has 1 saturated heterocycles. The van der Waals surface area contributed by atoms with Gasteiger partial charge in [0.2, 0.25) is 5.91 Å². The summed E-state index contributed by atoms with van der Waals surface area (Å²) in [5.74, 6) is 0.600. The zero-order chi connectivity index (χ0) is 18.2. The van der Waals surface area contributed by atoms with Crippen molar-refractivity contribution in [1.82, 2.24) is 10.2 Å². The summed E-state index contributed by atoms with van der Waals surface area (Å²) in [6, 6.07) is 12.6. The molecule has 5 heteroatoms. The van der Waals surface area contributed by atoms with Gasteiger partial charge in [0.25, 0.3) is 0 Å². The third-order valence-electron chi connectivity index (χ3n) is 4.84. The van der Waals surface area contributed by atoms with Crippen molar-refractivity contribution >= 4 is 23.3 Å². The first-order valence-electron chi connectivity index (χ1n) is 9.16. The van der Waals surface area contributed by atoms with E-state index in [-0.39, 0.29) is 12.5 Å². The molecule has 1 aliphatic heterocycles. The Bertz CT molecular complexity index is 719. The monoisotopic (exact) mass is 370 g/mol. The molecule has 1 fully saturated rings. The highest BCUT2D eigenvalue weighted by Gasteiger charge is 2.19. The average molecular weight is 371 g/mol. The van der Waals surface area contributed by atoms with E-state index in [0.29, 0.717) is 12.5 Å². The van der Waals surface area contributed by atoms with E-state index < -0.39 is 0 Å².